The summed E-state index contributed by atoms with van der Waals surface area (Å²) in [5.74, 6) is 0.252. The number of carbonyl (C=O) groups excluding carboxylic acids is 1. The number of nitro benzene ring substituents is 1. The molecule has 0 spiro atoms. The predicted octanol–water partition coefficient (Wildman–Crippen LogP) is 2.76. The van der Waals surface area contributed by atoms with Gasteiger partial charge in [0.15, 0.2) is 0 Å². The van der Waals surface area contributed by atoms with Crippen LogP contribution < -0.4 is 10.1 Å². The number of benzene rings is 2. The fourth-order valence-corrected chi connectivity index (χ4v) is 2.00. The highest BCUT2D eigenvalue weighted by Gasteiger charge is 2.12. The summed E-state index contributed by atoms with van der Waals surface area (Å²) in [5, 5.41) is 22.0. The molecule has 120 valence electrons. The molecule has 0 saturated carbocycles. The molecule has 2 N–H and O–H groups in total. The Kier molecular flexibility index (Phi) is 5.51. The van der Waals surface area contributed by atoms with E-state index in [1.807, 2.05) is 0 Å². The van der Waals surface area contributed by atoms with Gasteiger partial charge in [-0.05, 0) is 24.3 Å². The monoisotopic (exact) mass is 336 g/mol. The molecule has 0 aliphatic rings. The maximum Gasteiger partial charge on any atom is 0.271 e. The normalized spacial score (nSPS) is 10.2. The Morgan fingerprint density at radius 2 is 2.09 bits per heavy atom. The highest BCUT2D eigenvalue weighted by atomic mass is 35.5. The molecule has 0 aliphatic heterocycles. The number of ether oxygens (including phenoxy) is 1. The van der Waals surface area contributed by atoms with Crippen molar-refractivity contribution >= 4 is 23.2 Å². The summed E-state index contributed by atoms with van der Waals surface area (Å²) in [6.07, 6.45) is 0. The number of carbonyl (C=O) groups is 1. The lowest BCUT2D eigenvalue weighted by atomic mass is 10.2. The quantitative estimate of drug-likeness (QED) is 0.624. The van der Waals surface area contributed by atoms with Gasteiger partial charge in [-0.1, -0.05) is 17.7 Å². The summed E-state index contributed by atoms with van der Waals surface area (Å²) in [4.78, 5) is 21.9. The van der Waals surface area contributed by atoms with Crippen LogP contribution in [0.5, 0.6) is 11.5 Å². The smallest absolute Gasteiger partial charge is 0.271 e. The summed E-state index contributed by atoms with van der Waals surface area (Å²) >= 11 is 5.96. The number of nitro groups is 1. The van der Waals surface area contributed by atoms with Gasteiger partial charge in [0, 0.05) is 24.2 Å². The number of hydrogen-bond donors (Lipinski definition) is 2. The summed E-state index contributed by atoms with van der Waals surface area (Å²) < 4.78 is 5.56. The fraction of sp³-hybridized carbons (Fsp3) is 0.133. The zero-order valence-corrected chi connectivity index (χ0v) is 12.6. The van der Waals surface area contributed by atoms with Gasteiger partial charge in [-0.3, -0.25) is 14.9 Å². The van der Waals surface area contributed by atoms with E-state index in [2.05, 4.69) is 5.32 Å². The molecule has 0 fully saturated rings. The lowest BCUT2D eigenvalue weighted by Crippen LogP contribution is -2.26. The molecule has 0 aliphatic carbocycles. The zero-order valence-electron chi connectivity index (χ0n) is 11.9. The standard InChI is InChI=1S/C15H13ClN2O5/c16-13-9-11(18(21)22)4-5-14(13)23-12-3-1-2-10(8-12)15(20)17-6-7-19/h1-5,8-9,19H,6-7H2,(H,17,20). The number of hydrogen-bond acceptors (Lipinski definition) is 5. The van der Waals surface area contributed by atoms with Crippen molar-refractivity contribution in [2.45, 2.75) is 0 Å². The molecule has 0 unspecified atom stereocenters. The SMILES string of the molecule is O=C(NCCO)c1cccc(Oc2ccc([N+](=O)[O-])cc2Cl)c1. The van der Waals surface area contributed by atoms with Crippen molar-refractivity contribution in [1.29, 1.82) is 0 Å². The Balaban J connectivity index is 2.17. The van der Waals surface area contributed by atoms with Crippen molar-refractivity contribution in [2.75, 3.05) is 13.2 Å². The Labute approximate surface area is 136 Å². The average Bonchev–Trinajstić information content (AvgIpc) is 2.54. The van der Waals surface area contributed by atoms with Crippen LogP contribution in [-0.2, 0) is 0 Å². The van der Waals surface area contributed by atoms with Gasteiger partial charge in [-0.15, -0.1) is 0 Å². The van der Waals surface area contributed by atoms with E-state index in [9.17, 15) is 14.9 Å². The van der Waals surface area contributed by atoms with E-state index in [-0.39, 0.29) is 35.5 Å². The first kappa shape index (κ1) is 16.7. The molecule has 23 heavy (non-hydrogen) atoms. The molecular weight excluding hydrogens is 324 g/mol. The molecule has 8 heteroatoms. The van der Waals surface area contributed by atoms with E-state index in [1.54, 1.807) is 18.2 Å². The molecule has 0 atom stereocenters. The Bertz CT molecular complexity index is 736. The number of aliphatic hydroxyl groups is 1. The summed E-state index contributed by atoms with van der Waals surface area (Å²) in [6.45, 7) is -0.00156. The first-order valence-electron chi connectivity index (χ1n) is 6.62. The van der Waals surface area contributed by atoms with E-state index in [0.717, 1.165) is 0 Å². The minimum atomic E-state index is -0.554. The van der Waals surface area contributed by atoms with E-state index in [4.69, 9.17) is 21.4 Å². The van der Waals surface area contributed by atoms with Crippen molar-refractivity contribution in [3.8, 4) is 11.5 Å². The van der Waals surface area contributed by atoms with Crippen LogP contribution in [0.15, 0.2) is 42.5 Å². The van der Waals surface area contributed by atoms with Gasteiger partial charge in [0.1, 0.15) is 11.5 Å². The van der Waals surface area contributed by atoms with Crippen LogP contribution in [0.3, 0.4) is 0 Å². The summed E-state index contributed by atoms with van der Waals surface area (Å²) in [6, 6.07) is 10.2. The van der Waals surface area contributed by atoms with Crippen LogP contribution >= 0.6 is 11.6 Å². The predicted molar refractivity (Wildman–Crippen MR) is 84.0 cm³/mol. The van der Waals surface area contributed by atoms with Gasteiger partial charge in [0.2, 0.25) is 0 Å². The highest BCUT2D eigenvalue weighted by molar-refractivity contribution is 6.32. The Morgan fingerprint density at radius 1 is 1.30 bits per heavy atom. The topological polar surface area (TPSA) is 102 Å². The molecular formula is C15H13ClN2O5. The second-order valence-electron chi connectivity index (χ2n) is 4.48. The zero-order chi connectivity index (χ0) is 16.8. The number of amides is 1. The van der Waals surface area contributed by atoms with Gasteiger partial charge >= 0.3 is 0 Å². The maximum absolute atomic E-state index is 11.8. The van der Waals surface area contributed by atoms with E-state index in [0.29, 0.717) is 11.3 Å². The second-order valence-corrected chi connectivity index (χ2v) is 4.89. The summed E-state index contributed by atoms with van der Waals surface area (Å²) in [7, 11) is 0. The van der Waals surface area contributed by atoms with Gasteiger partial charge in [-0.25, -0.2) is 0 Å². The Morgan fingerprint density at radius 3 is 2.74 bits per heavy atom. The molecule has 2 rings (SSSR count). The van der Waals surface area contributed by atoms with E-state index < -0.39 is 4.92 Å². The van der Waals surface area contributed by atoms with Crippen molar-refractivity contribution in [3.05, 3.63) is 63.2 Å². The van der Waals surface area contributed by atoms with Crippen LogP contribution in [-0.4, -0.2) is 29.1 Å². The number of aliphatic hydroxyl groups excluding tert-OH is 1. The van der Waals surface area contributed by atoms with Crippen molar-refractivity contribution in [2.24, 2.45) is 0 Å². The molecule has 0 saturated heterocycles. The molecule has 0 aromatic heterocycles. The molecule has 0 heterocycles. The first-order valence-corrected chi connectivity index (χ1v) is 7.00. The van der Waals surface area contributed by atoms with Gasteiger partial charge in [-0.2, -0.15) is 0 Å². The third-order valence-corrected chi connectivity index (χ3v) is 3.14. The van der Waals surface area contributed by atoms with Crippen LogP contribution in [0, 0.1) is 10.1 Å². The van der Waals surface area contributed by atoms with Crippen molar-refractivity contribution < 1.29 is 19.6 Å². The number of nitrogens with one attached hydrogen (secondary N) is 1. The van der Waals surface area contributed by atoms with Crippen molar-refractivity contribution in [1.82, 2.24) is 5.32 Å². The lowest BCUT2D eigenvalue weighted by Gasteiger charge is -2.09. The highest BCUT2D eigenvalue weighted by Crippen LogP contribution is 2.32. The fourth-order valence-electron chi connectivity index (χ4n) is 1.79. The number of halogens is 1. The average molecular weight is 337 g/mol. The third kappa shape index (κ3) is 4.41. The molecule has 7 nitrogen and oxygen atoms in total. The number of nitrogens with zero attached hydrogens (tertiary/aromatic N) is 1. The summed E-state index contributed by atoms with van der Waals surface area (Å²) in [5.41, 5.74) is 0.216. The lowest BCUT2D eigenvalue weighted by molar-refractivity contribution is -0.384. The van der Waals surface area contributed by atoms with Crippen LogP contribution in [0.25, 0.3) is 0 Å². The van der Waals surface area contributed by atoms with Gasteiger partial charge in [0.05, 0.1) is 16.6 Å². The molecule has 1 amide bonds. The van der Waals surface area contributed by atoms with Gasteiger partial charge < -0.3 is 15.2 Å². The van der Waals surface area contributed by atoms with E-state index >= 15 is 0 Å². The first-order chi connectivity index (χ1) is 11.0. The Hall–Kier alpha value is -2.64. The van der Waals surface area contributed by atoms with Crippen LogP contribution in [0.4, 0.5) is 5.69 Å². The number of rotatable bonds is 6. The molecule has 0 radical (unpaired) electrons. The van der Waals surface area contributed by atoms with Crippen LogP contribution in [0.2, 0.25) is 5.02 Å². The molecule has 2 aromatic carbocycles. The van der Waals surface area contributed by atoms with Crippen molar-refractivity contribution in [3.63, 3.8) is 0 Å². The largest absolute Gasteiger partial charge is 0.456 e. The van der Waals surface area contributed by atoms with Crippen LogP contribution in [0.1, 0.15) is 10.4 Å². The van der Waals surface area contributed by atoms with E-state index in [1.165, 1.54) is 24.3 Å². The molecule has 0 bridgehead atoms. The third-order valence-electron chi connectivity index (χ3n) is 2.85. The van der Waals surface area contributed by atoms with Gasteiger partial charge in [0.25, 0.3) is 11.6 Å². The minimum absolute atomic E-state index is 0.0920. The maximum atomic E-state index is 11.8. The minimum Gasteiger partial charge on any atom is -0.456 e. The molecule has 2 aromatic rings. The second kappa shape index (κ2) is 7.57. The number of non-ortho nitro benzene ring substituents is 1.